The lowest BCUT2D eigenvalue weighted by Crippen LogP contribution is -2.53. The van der Waals surface area contributed by atoms with Crippen LogP contribution < -0.4 is 10.5 Å². The number of rotatable bonds is 5. The molecule has 1 amide bonds. The van der Waals surface area contributed by atoms with Gasteiger partial charge in [0.15, 0.2) is 9.84 Å². The van der Waals surface area contributed by atoms with Crippen molar-refractivity contribution in [2.75, 3.05) is 44.3 Å². The second-order valence-corrected chi connectivity index (χ2v) is 16.5. The van der Waals surface area contributed by atoms with E-state index in [-0.39, 0.29) is 29.1 Å². The first-order valence-corrected chi connectivity index (χ1v) is 18.5. The van der Waals surface area contributed by atoms with Gasteiger partial charge < -0.3 is 28.8 Å². The minimum Gasteiger partial charge on any atom is -0.398 e. The summed E-state index contributed by atoms with van der Waals surface area (Å²) < 4.78 is 42.9. The van der Waals surface area contributed by atoms with Crippen LogP contribution in [0.2, 0.25) is 0 Å². The van der Waals surface area contributed by atoms with E-state index in [1.807, 2.05) is 32.0 Å². The number of fused-ring (bicyclic) bond motifs is 1. The van der Waals surface area contributed by atoms with E-state index >= 15 is 0 Å². The zero-order valence-corrected chi connectivity index (χ0v) is 30.9. The van der Waals surface area contributed by atoms with Gasteiger partial charge in [0.25, 0.3) is 0 Å². The summed E-state index contributed by atoms with van der Waals surface area (Å²) in [5.41, 5.74) is 2.50. The van der Waals surface area contributed by atoms with Gasteiger partial charge in [0, 0.05) is 41.8 Å². The van der Waals surface area contributed by atoms with E-state index in [1.54, 1.807) is 17.0 Å². The van der Waals surface area contributed by atoms with Crippen molar-refractivity contribution in [1.29, 1.82) is 0 Å². The maximum Gasteiger partial charge on any atom is 0.512 e. The Morgan fingerprint density at radius 3 is 2.07 bits per heavy atom. The number of anilines is 1. The molecule has 46 heavy (non-hydrogen) atoms. The Balaban J connectivity index is 0.000000209. The third-order valence-corrected chi connectivity index (χ3v) is 12.2. The summed E-state index contributed by atoms with van der Waals surface area (Å²) >= 11 is 3.51. The van der Waals surface area contributed by atoms with E-state index in [2.05, 4.69) is 71.7 Å². The van der Waals surface area contributed by atoms with Crippen LogP contribution in [0.3, 0.4) is 0 Å². The number of carbonyl (C=O) groups is 1. The Kier molecular flexibility index (Phi) is 11.4. The van der Waals surface area contributed by atoms with Crippen LogP contribution in [-0.2, 0) is 28.7 Å². The maximum absolute atomic E-state index is 13.2. The number of sulfone groups is 1. The number of ether oxygens (including phenoxy) is 1. The number of nitrogens with zero attached hydrogens (tertiary/aromatic N) is 2. The molecule has 0 saturated carbocycles. The van der Waals surface area contributed by atoms with Gasteiger partial charge in [-0.1, -0.05) is 32.0 Å². The van der Waals surface area contributed by atoms with Crippen molar-refractivity contribution < 1.29 is 27.3 Å². The van der Waals surface area contributed by atoms with Gasteiger partial charge in [-0.15, -0.1) is 0 Å². The van der Waals surface area contributed by atoms with Gasteiger partial charge in [-0.25, -0.2) is 8.42 Å². The van der Waals surface area contributed by atoms with E-state index in [4.69, 9.17) is 14.0 Å². The van der Waals surface area contributed by atoms with Crippen molar-refractivity contribution in [1.82, 2.24) is 9.88 Å². The molecule has 0 unspecified atom stereocenters. The first-order chi connectivity index (χ1) is 21.6. The molecule has 3 aliphatic heterocycles. The highest BCUT2D eigenvalue weighted by atomic mass is 79.9. The number of aromatic nitrogens is 1. The van der Waals surface area contributed by atoms with Crippen LogP contribution in [0.5, 0.6) is 0 Å². The molecule has 3 fully saturated rings. The zero-order chi connectivity index (χ0) is 33.9. The highest BCUT2D eigenvalue weighted by molar-refractivity contribution is 9.10. The number of hydrogen-bond donors (Lipinski definition) is 1. The van der Waals surface area contributed by atoms with E-state index in [0.29, 0.717) is 26.3 Å². The Labute approximate surface area is 283 Å². The monoisotopic (exact) mass is 717 g/mol. The third kappa shape index (κ3) is 7.36. The van der Waals surface area contributed by atoms with E-state index in [9.17, 15) is 13.2 Å². The van der Waals surface area contributed by atoms with Crippen molar-refractivity contribution >= 4 is 61.0 Å². The molecule has 12 heteroatoms. The number of nitrogens with one attached hydrogen (secondary N) is 1. The fraction of sp³-hybridized carbons (Fsp3) is 0.559. The molecule has 252 valence electrons. The third-order valence-electron chi connectivity index (χ3n) is 9.22. The Bertz CT molecular complexity index is 1560. The molecule has 3 aromatic rings. The zero-order valence-electron chi connectivity index (χ0n) is 28.5. The molecule has 0 spiro atoms. The first kappa shape index (κ1) is 36.5. The predicted octanol–water partition coefficient (Wildman–Crippen LogP) is 5.95. The number of hydrogen-bond acceptors (Lipinski definition) is 7. The van der Waals surface area contributed by atoms with Gasteiger partial charge >= 0.3 is 7.12 Å². The Hall–Kier alpha value is -2.38. The molecule has 0 aliphatic carbocycles. The minimum atomic E-state index is -3.83. The quantitative estimate of drug-likeness (QED) is 0.326. The van der Waals surface area contributed by atoms with Gasteiger partial charge in [0.1, 0.15) is 4.75 Å². The van der Waals surface area contributed by atoms with Crippen molar-refractivity contribution in [2.24, 2.45) is 0 Å². The largest absolute Gasteiger partial charge is 0.512 e. The van der Waals surface area contributed by atoms with Gasteiger partial charge in [-0.3, -0.25) is 4.79 Å². The number of amides is 1. The van der Waals surface area contributed by atoms with Crippen molar-refractivity contribution in [3.05, 3.63) is 53.0 Å². The number of carbonyl (C=O) groups excluding carboxylic acids is 1. The van der Waals surface area contributed by atoms with Gasteiger partial charge in [0.2, 0.25) is 5.91 Å². The van der Waals surface area contributed by atoms with Crippen molar-refractivity contribution in [3.63, 3.8) is 0 Å². The molecule has 4 heterocycles. The van der Waals surface area contributed by atoms with Gasteiger partial charge in [0.05, 0.1) is 35.0 Å². The molecule has 3 aliphatic rings. The van der Waals surface area contributed by atoms with E-state index in [0.717, 1.165) is 47.2 Å². The summed E-state index contributed by atoms with van der Waals surface area (Å²) in [6, 6.07) is 15.4. The number of aromatic amines is 1. The lowest BCUT2D eigenvalue weighted by Gasteiger charge is -2.34. The summed E-state index contributed by atoms with van der Waals surface area (Å²) in [5.74, 6) is -0.374. The minimum absolute atomic E-state index is 0.166. The smallest absolute Gasteiger partial charge is 0.398 e. The number of para-hydroxylation sites is 1. The molecule has 3 saturated heterocycles. The summed E-state index contributed by atoms with van der Waals surface area (Å²) in [4.78, 5) is 20.2. The normalized spacial score (nSPS) is 19.4. The molecular formula is C34H49BBrN3O6S. The molecule has 0 atom stereocenters. The number of morpholine rings is 1. The standard InChI is InChI=1S/C18H25BrN2O4S.C14H18BNO2.C2H6/c1-18(2,17(22)21-9-11-25-12-10-21)26(23,24)14-5-6-16(15(19)13-14)20-7-3-4-8-20;1-13(2)14(3,4)18-15(17-13)12-9-10-7-5-6-8-11(10)16-12;1-2/h5-6,13H,3-4,7-12H2,1-2H3;5-9,16H,1-4H3;1-2H3. The molecule has 2 aromatic carbocycles. The van der Waals surface area contributed by atoms with Crippen LogP contribution in [-0.4, -0.2) is 86.7 Å². The fourth-order valence-electron chi connectivity index (χ4n) is 5.62. The van der Waals surface area contributed by atoms with Crippen LogP contribution in [0.4, 0.5) is 5.69 Å². The predicted molar refractivity (Wildman–Crippen MR) is 190 cm³/mol. The van der Waals surface area contributed by atoms with Gasteiger partial charge in [-0.05, 0) is 106 Å². The molecule has 9 nitrogen and oxygen atoms in total. The van der Waals surface area contributed by atoms with Gasteiger partial charge in [-0.2, -0.15) is 0 Å². The highest BCUT2D eigenvalue weighted by Gasteiger charge is 2.52. The molecule has 0 radical (unpaired) electrons. The Morgan fingerprint density at radius 2 is 1.50 bits per heavy atom. The molecule has 1 aromatic heterocycles. The lowest BCUT2D eigenvalue weighted by molar-refractivity contribution is -0.137. The summed E-state index contributed by atoms with van der Waals surface area (Å²) in [7, 11) is -4.15. The second kappa shape index (κ2) is 14.4. The van der Waals surface area contributed by atoms with Crippen molar-refractivity contribution in [2.45, 2.75) is 89.1 Å². The van der Waals surface area contributed by atoms with Crippen LogP contribution in [0.25, 0.3) is 10.9 Å². The highest BCUT2D eigenvalue weighted by Crippen LogP contribution is 2.37. The van der Waals surface area contributed by atoms with E-state index in [1.165, 1.54) is 19.2 Å². The van der Waals surface area contributed by atoms with Crippen LogP contribution in [0, 0.1) is 0 Å². The molecule has 1 N–H and O–H groups in total. The average Bonchev–Trinajstić information content (AvgIpc) is 3.76. The molecule has 6 rings (SSSR count). The molecular weight excluding hydrogens is 669 g/mol. The lowest BCUT2D eigenvalue weighted by atomic mass is 9.85. The van der Waals surface area contributed by atoms with Crippen LogP contribution >= 0.6 is 15.9 Å². The number of halogens is 1. The van der Waals surface area contributed by atoms with Crippen molar-refractivity contribution in [3.8, 4) is 0 Å². The van der Waals surface area contributed by atoms with Crippen LogP contribution in [0.15, 0.2) is 57.9 Å². The fourth-order valence-corrected chi connectivity index (χ4v) is 7.87. The second-order valence-electron chi connectivity index (χ2n) is 13.1. The number of benzene rings is 2. The summed E-state index contributed by atoms with van der Waals surface area (Å²) in [6.45, 7) is 18.9. The maximum atomic E-state index is 13.2. The molecule has 0 bridgehead atoms. The average molecular weight is 719 g/mol. The number of H-pyrrole nitrogens is 1. The summed E-state index contributed by atoms with van der Waals surface area (Å²) in [6.07, 6.45) is 2.29. The van der Waals surface area contributed by atoms with Crippen LogP contribution in [0.1, 0.15) is 68.2 Å². The Morgan fingerprint density at radius 1 is 0.913 bits per heavy atom. The topological polar surface area (TPSA) is 101 Å². The summed E-state index contributed by atoms with van der Waals surface area (Å²) in [5, 5.41) is 1.18. The van der Waals surface area contributed by atoms with E-state index < -0.39 is 14.6 Å². The SMILES string of the molecule is CC.CC(C)(C(=O)N1CCOCC1)S(=O)(=O)c1ccc(N2CCCC2)c(Br)c1.CC1(C)OB(c2cc3ccccc3[nH]2)OC1(C)C. The first-order valence-electron chi connectivity index (χ1n) is 16.2.